The molecule has 1 heterocycles. The first-order valence-electron chi connectivity index (χ1n) is 8.39. The summed E-state index contributed by atoms with van der Waals surface area (Å²) in [6, 6.07) is 12.3. The standard InChI is InChI=1S/C19H27N3OS/c1-4-20-19(21-13-15(2)12-17-9-7-11-24-17)22-14-16-8-5-6-10-18(16)23-3/h5-11,15H,4,12-14H2,1-3H3,(H2,20,21,22). The topological polar surface area (TPSA) is 45.7 Å². The molecule has 0 saturated heterocycles. The zero-order chi connectivity index (χ0) is 17.2. The van der Waals surface area contributed by atoms with Crippen LogP contribution in [0.4, 0.5) is 0 Å². The molecule has 0 saturated carbocycles. The zero-order valence-electron chi connectivity index (χ0n) is 14.7. The average Bonchev–Trinajstić information content (AvgIpc) is 3.10. The summed E-state index contributed by atoms with van der Waals surface area (Å²) in [4.78, 5) is 6.11. The molecule has 0 aliphatic rings. The van der Waals surface area contributed by atoms with Crippen molar-refractivity contribution in [3.8, 4) is 5.75 Å². The summed E-state index contributed by atoms with van der Waals surface area (Å²) >= 11 is 1.82. The molecule has 0 amide bonds. The Morgan fingerprint density at radius 2 is 2.04 bits per heavy atom. The number of guanidine groups is 1. The molecule has 0 bridgehead atoms. The summed E-state index contributed by atoms with van der Waals surface area (Å²) in [5.74, 6) is 2.28. The molecule has 24 heavy (non-hydrogen) atoms. The fourth-order valence-corrected chi connectivity index (χ4v) is 3.32. The van der Waals surface area contributed by atoms with Crippen molar-refractivity contribution >= 4 is 17.3 Å². The maximum atomic E-state index is 5.39. The fourth-order valence-electron chi connectivity index (χ4n) is 2.45. The Labute approximate surface area is 149 Å². The lowest BCUT2D eigenvalue weighted by molar-refractivity contribution is 0.410. The van der Waals surface area contributed by atoms with Gasteiger partial charge in [0.15, 0.2) is 5.96 Å². The van der Waals surface area contributed by atoms with Crippen LogP contribution in [0, 0.1) is 5.92 Å². The molecule has 1 atom stereocenters. The number of hydrogen-bond acceptors (Lipinski definition) is 3. The van der Waals surface area contributed by atoms with Gasteiger partial charge in [-0.25, -0.2) is 4.99 Å². The van der Waals surface area contributed by atoms with Crippen LogP contribution >= 0.6 is 11.3 Å². The third kappa shape index (κ3) is 5.89. The van der Waals surface area contributed by atoms with Gasteiger partial charge < -0.3 is 15.4 Å². The van der Waals surface area contributed by atoms with E-state index >= 15 is 0 Å². The number of nitrogens with one attached hydrogen (secondary N) is 2. The van der Waals surface area contributed by atoms with E-state index in [0.717, 1.165) is 36.8 Å². The minimum absolute atomic E-state index is 0.554. The lowest BCUT2D eigenvalue weighted by Crippen LogP contribution is -2.39. The van der Waals surface area contributed by atoms with E-state index in [1.807, 2.05) is 35.6 Å². The maximum absolute atomic E-state index is 5.39. The van der Waals surface area contributed by atoms with Crippen molar-refractivity contribution < 1.29 is 4.74 Å². The fraction of sp³-hybridized carbons (Fsp3) is 0.421. The van der Waals surface area contributed by atoms with Crippen molar-refractivity contribution in [2.45, 2.75) is 26.8 Å². The lowest BCUT2D eigenvalue weighted by Gasteiger charge is -2.15. The minimum Gasteiger partial charge on any atom is -0.496 e. The molecule has 1 aromatic carbocycles. The Morgan fingerprint density at radius 1 is 1.21 bits per heavy atom. The Hall–Kier alpha value is -2.01. The molecule has 0 aliphatic heterocycles. The molecule has 0 radical (unpaired) electrons. The van der Waals surface area contributed by atoms with Crippen LogP contribution in [0.2, 0.25) is 0 Å². The first kappa shape index (κ1) is 18.3. The highest BCUT2D eigenvalue weighted by molar-refractivity contribution is 7.09. The van der Waals surface area contributed by atoms with Crippen LogP contribution in [-0.2, 0) is 13.0 Å². The molecule has 2 aromatic rings. The highest BCUT2D eigenvalue weighted by Crippen LogP contribution is 2.18. The van der Waals surface area contributed by atoms with Gasteiger partial charge in [-0.15, -0.1) is 11.3 Å². The Balaban J connectivity index is 1.90. The summed E-state index contributed by atoms with van der Waals surface area (Å²) in [5, 5.41) is 8.88. The van der Waals surface area contributed by atoms with E-state index in [9.17, 15) is 0 Å². The SMILES string of the molecule is CCNC(=NCc1ccccc1OC)NCC(C)Cc1cccs1. The predicted octanol–water partition coefficient (Wildman–Crippen LogP) is 3.69. The summed E-state index contributed by atoms with van der Waals surface area (Å²) in [5.41, 5.74) is 1.09. The van der Waals surface area contributed by atoms with Gasteiger partial charge in [0.2, 0.25) is 0 Å². The van der Waals surface area contributed by atoms with Crippen LogP contribution in [0.5, 0.6) is 5.75 Å². The van der Waals surface area contributed by atoms with Gasteiger partial charge in [0.05, 0.1) is 13.7 Å². The Bertz CT molecular complexity index is 625. The van der Waals surface area contributed by atoms with E-state index < -0.39 is 0 Å². The number of ether oxygens (including phenoxy) is 1. The number of aliphatic imine (C=N–C) groups is 1. The van der Waals surface area contributed by atoms with Gasteiger partial charge in [-0.2, -0.15) is 0 Å². The van der Waals surface area contributed by atoms with Gasteiger partial charge in [0, 0.05) is 23.5 Å². The number of benzene rings is 1. The van der Waals surface area contributed by atoms with Crippen LogP contribution in [0.25, 0.3) is 0 Å². The normalized spacial score (nSPS) is 12.7. The van der Waals surface area contributed by atoms with E-state index in [1.165, 1.54) is 4.88 Å². The third-order valence-corrected chi connectivity index (χ3v) is 4.59. The Morgan fingerprint density at radius 3 is 2.75 bits per heavy atom. The molecule has 5 heteroatoms. The predicted molar refractivity (Wildman–Crippen MR) is 103 cm³/mol. The molecular formula is C19H27N3OS. The molecule has 1 aromatic heterocycles. The van der Waals surface area contributed by atoms with Crippen molar-refractivity contribution in [3.05, 3.63) is 52.2 Å². The number of hydrogen-bond donors (Lipinski definition) is 2. The van der Waals surface area contributed by atoms with Gasteiger partial charge in [-0.1, -0.05) is 31.2 Å². The van der Waals surface area contributed by atoms with Crippen molar-refractivity contribution in [1.82, 2.24) is 10.6 Å². The Kier molecular flexibility index (Phi) is 7.62. The third-order valence-electron chi connectivity index (χ3n) is 3.69. The smallest absolute Gasteiger partial charge is 0.191 e. The van der Waals surface area contributed by atoms with Gasteiger partial charge in [-0.05, 0) is 36.8 Å². The number of nitrogens with zero attached hydrogens (tertiary/aromatic N) is 1. The molecule has 2 N–H and O–H groups in total. The highest BCUT2D eigenvalue weighted by Gasteiger charge is 2.07. The van der Waals surface area contributed by atoms with Crippen molar-refractivity contribution in [1.29, 1.82) is 0 Å². The number of methoxy groups -OCH3 is 1. The number of thiophene rings is 1. The molecule has 1 unspecified atom stereocenters. The largest absolute Gasteiger partial charge is 0.496 e. The zero-order valence-corrected chi connectivity index (χ0v) is 15.5. The van der Waals surface area contributed by atoms with Crippen molar-refractivity contribution in [2.24, 2.45) is 10.9 Å². The van der Waals surface area contributed by atoms with E-state index in [-0.39, 0.29) is 0 Å². The summed E-state index contributed by atoms with van der Waals surface area (Å²) < 4.78 is 5.39. The van der Waals surface area contributed by atoms with E-state index in [0.29, 0.717) is 12.5 Å². The van der Waals surface area contributed by atoms with Crippen LogP contribution in [0.3, 0.4) is 0 Å². The maximum Gasteiger partial charge on any atom is 0.191 e. The number of para-hydroxylation sites is 1. The molecular weight excluding hydrogens is 318 g/mol. The molecule has 0 aliphatic carbocycles. The summed E-state index contributed by atoms with van der Waals surface area (Å²) in [6.45, 7) is 6.68. The van der Waals surface area contributed by atoms with Crippen LogP contribution < -0.4 is 15.4 Å². The average molecular weight is 346 g/mol. The first-order valence-corrected chi connectivity index (χ1v) is 9.27. The van der Waals surface area contributed by atoms with Gasteiger partial charge >= 0.3 is 0 Å². The summed E-state index contributed by atoms with van der Waals surface area (Å²) in [6.07, 6.45) is 1.09. The second-order valence-electron chi connectivity index (χ2n) is 5.78. The number of rotatable bonds is 8. The summed E-state index contributed by atoms with van der Waals surface area (Å²) in [7, 11) is 1.69. The van der Waals surface area contributed by atoms with Crippen LogP contribution in [0.15, 0.2) is 46.8 Å². The first-order chi connectivity index (χ1) is 11.7. The molecule has 0 spiro atoms. The van der Waals surface area contributed by atoms with E-state index in [2.05, 4.69) is 47.0 Å². The van der Waals surface area contributed by atoms with E-state index in [1.54, 1.807) is 7.11 Å². The minimum atomic E-state index is 0.554. The molecule has 4 nitrogen and oxygen atoms in total. The second kappa shape index (κ2) is 9.98. The van der Waals surface area contributed by atoms with E-state index in [4.69, 9.17) is 4.74 Å². The van der Waals surface area contributed by atoms with Gasteiger partial charge in [-0.3, -0.25) is 0 Å². The molecule has 130 valence electrons. The van der Waals surface area contributed by atoms with Gasteiger partial charge in [0.1, 0.15) is 5.75 Å². The van der Waals surface area contributed by atoms with Crippen molar-refractivity contribution in [2.75, 3.05) is 20.2 Å². The second-order valence-corrected chi connectivity index (χ2v) is 6.81. The van der Waals surface area contributed by atoms with Crippen LogP contribution in [-0.4, -0.2) is 26.2 Å². The molecule has 2 rings (SSSR count). The molecule has 0 fully saturated rings. The van der Waals surface area contributed by atoms with Gasteiger partial charge in [0.25, 0.3) is 0 Å². The monoisotopic (exact) mass is 345 g/mol. The van der Waals surface area contributed by atoms with Crippen LogP contribution in [0.1, 0.15) is 24.3 Å². The van der Waals surface area contributed by atoms with Crippen molar-refractivity contribution in [3.63, 3.8) is 0 Å². The quantitative estimate of drug-likeness (QED) is 0.566. The lowest BCUT2D eigenvalue weighted by atomic mass is 10.1. The highest BCUT2D eigenvalue weighted by atomic mass is 32.1.